The lowest BCUT2D eigenvalue weighted by molar-refractivity contribution is 0.0653. The van der Waals surface area contributed by atoms with Gasteiger partial charge in [0.2, 0.25) is 0 Å². The molecule has 1 aromatic heterocycles. The Morgan fingerprint density at radius 3 is 2.95 bits per heavy atom. The molecule has 0 radical (unpaired) electrons. The molecule has 3 atom stereocenters. The highest BCUT2D eigenvalue weighted by atomic mass is 32.2. The zero-order valence-corrected chi connectivity index (χ0v) is 14.1. The number of nitrogens with zero attached hydrogens (tertiary/aromatic N) is 2. The van der Waals surface area contributed by atoms with Crippen LogP contribution in [0, 0.1) is 11.8 Å². The number of sulfonamides is 1. The third-order valence-corrected chi connectivity index (χ3v) is 7.63. The van der Waals surface area contributed by atoms with Gasteiger partial charge in [-0.05, 0) is 37.9 Å². The van der Waals surface area contributed by atoms with E-state index < -0.39 is 10.0 Å². The number of likely N-dealkylation sites (N-methyl/N-ethyl adjacent to an activating group) is 1. The lowest BCUT2D eigenvalue weighted by atomic mass is 9.85. The van der Waals surface area contributed by atoms with E-state index in [2.05, 4.69) is 4.90 Å². The van der Waals surface area contributed by atoms with E-state index in [1.807, 2.05) is 19.5 Å². The molecule has 5 nitrogen and oxygen atoms in total. The first kappa shape index (κ1) is 15.4. The van der Waals surface area contributed by atoms with Crippen LogP contribution in [0.5, 0.6) is 0 Å². The van der Waals surface area contributed by atoms with Gasteiger partial charge in [-0.3, -0.25) is 0 Å². The van der Waals surface area contributed by atoms with E-state index >= 15 is 0 Å². The van der Waals surface area contributed by atoms with Crippen molar-refractivity contribution in [1.82, 2.24) is 9.21 Å². The molecule has 0 saturated carbocycles. The van der Waals surface area contributed by atoms with Crippen molar-refractivity contribution in [3.63, 3.8) is 0 Å². The molecule has 3 rings (SSSR count). The van der Waals surface area contributed by atoms with Gasteiger partial charge in [-0.15, -0.1) is 11.3 Å². The van der Waals surface area contributed by atoms with Crippen LogP contribution in [0.25, 0.3) is 0 Å². The van der Waals surface area contributed by atoms with Gasteiger partial charge in [-0.1, -0.05) is 6.07 Å². The van der Waals surface area contributed by atoms with Gasteiger partial charge in [0.1, 0.15) is 4.21 Å². The highest BCUT2D eigenvalue weighted by Crippen LogP contribution is 2.36. The maximum absolute atomic E-state index is 12.6. The van der Waals surface area contributed by atoms with Crippen LogP contribution in [0.15, 0.2) is 21.7 Å². The fourth-order valence-electron chi connectivity index (χ4n) is 3.36. The van der Waals surface area contributed by atoms with Gasteiger partial charge in [-0.2, -0.15) is 4.31 Å². The summed E-state index contributed by atoms with van der Waals surface area (Å²) in [4.78, 5) is 2.14. The maximum atomic E-state index is 12.6. The quantitative estimate of drug-likeness (QED) is 0.836. The van der Waals surface area contributed by atoms with Gasteiger partial charge in [0.15, 0.2) is 0 Å². The third-order valence-electron chi connectivity index (χ3n) is 4.39. The predicted octanol–water partition coefficient (Wildman–Crippen LogP) is 1.34. The van der Waals surface area contributed by atoms with Crippen LogP contribution >= 0.6 is 11.3 Å². The molecule has 0 amide bonds. The summed E-state index contributed by atoms with van der Waals surface area (Å²) in [6, 6.07) is 3.47. The van der Waals surface area contributed by atoms with E-state index in [0.717, 1.165) is 13.0 Å². The molecule has 2 saturated heterocycles. The van der Waals surface area contributed by atoms with Crippen LogP contribution in [0.2, 0.25) is 0 Å². The molecule has 21 heavy (non-hydrogen) atoms. The summed E-state index contributed by atoms with van der Waals surface area (Å²) in [6.07, 6.45) is 1.14. The zero-order valence-electron chi connectivity index (χ0n) is 12.4. The monoisotopic (exact) mass is 330 g/mol. The second-order valence-corrected chi connectivity index (χ2v) is 9.25. The van der Waals surface area contributed by atoms with Crippen molar-refractivity contribution in [1.29, 1.82) is 0 Å². The molecule has 0 spiro atoms. The molecular formula is C14H22N2O3S2. The predicted molar refractivity (Wildman–Crippen MR) is 83.0 cm³/mol. The van der Waals surface area contributed by atoms with Crippen molar-refractivity contribution in [2.75, 3.05) is 40.3 Å². The summed E-state index contributed by atoms with van der Waals surface area (Å²) < 4.78 is 33.2. The topological polar surface area (TPSA) is 49.9 Å². The van der Waals surface area contributed by atoms with Crippen LogP contribution in [-0.2, 0) is 14.8 Å². The third kappa shape index (κ3) is 3.03. The van der Waals surface area contributed by atoms with Gasteiger partial charge in [0, 0.05) is 25.6 Å². The number of hydrogen-bond donors (Lipinski definition) is 0. The standard InChI is InChI=1S/C14H22N2O3S2/c1-15(2)9-13-12-5-6-16(8-11(12)10-19-13)21(17,18)14-4-3-7-20-14/h3-4,7,11-13H,5-6,8-10H2,1-2H3/t11-,12-,13+/m1/s1. The van der Waals surface area contributed by atoms with Crippen molar-refractivity contribution in [2.24, 2.45) is 11.8 Å². The summed E-state index contributed by atoms with van der Waals surface area (Å²) >= 11 is 1.29. The van der Waals surface area contributed by atoms with E-state index in [0.29, 0.717) is 35.7 Å². The van der Waals surface area contributed by atoms with E-state index in [1.54, 1.807) is 16.4 Å². The van der Waals surface area contributed by atoms with E-state index in [1.165, 1.54) is 11.3 Å². The Morgan fingerprint density at radius 1 is 1.48 bits per heavy atom. The first-order valence-electron chi connectivity index (χ1n) is 7.28. The Balaban J connectivity index is 1.70. The van der Waals surface area contributed by atoms with Crippen LogP contribution < -0.4 is 0 Å². The van der Waals surface area contributed by atoms with Gasteiger partial charge >= 0.3 is 0 Å². The fraction of sp³-hybridized carbons (Fsp3) is 0.714. The molecule has 2 fully saturated rings. The number of hydrogen-bond acceptors (Lipinski definition) is 5. The molecule has 118 valence electrons. The van der Waals surface area contributed by atoms with Crippen LogP contribution in [-0.4, -0.2) is 64.1 Å². The highest BCUT2D eigenvalue weighted by molar-refractivity contribution is 7.91. The normalized spacial score (nSPS) is 30.7. The second kappa shape index (κ2) is 5.96. The van der Waals surface area contributed by atoms with Gasteiger partial charge in [0.25, 0.3) is 10.0 Å². The van der Waals surface area contributed by atoms with E-state index in [-0.39, 0.29) is 6.10 Å². The molecule has 2 aliphatic rings. The number of fused-ring (bicyclic) bond motifs is 1. The molecule has 0 unspecified atom stereocenters. The average molecular weight is 330 g/mol. The van der Waals surface area contributed by atoms with Gasteiger partial charge in [0.05, 0.1) is 12.7 Å². The lowest BCUT2D eigenvalue weighted by Gasteiger charge is -2.35. The molecule has 0 aromatic carbocycles. The summed E-state index contributed by atoms with van der Waals surface area (Å²) in [5, 5.41) is 1.81. The van der Waals surface area contributed by atoms with Crippen LogP contribution in [0.4, 0.5) is 0 Å². The minimum Gasteiger partial charge on any atom is -0.376 e. The Kier molecular flexibility index (Phi) is 4.38. The molecule has 2 aliphatic heterocycles. The fourth-order valence-corrected chi connectivity index (χ4v) is 6.01. The summed E-state index contributed by atoms with van der Waals surface area (Å²) in [5.41, 5.74) is 0. The number of thiophene rings is 1. The van der Waals surface area contributed by atoms with Gasteiger partial charge in [-0.25, -0.2) is 8.42 Å². The molecule has 3 heterocycles. The molecule has 0 bridgehead atoms. The Labute approximate surface area is 130 Å². The van der Waals surface area contributed by atoms with Gasteiger partial charge < -0.3 is 9.64 Å². The van der Waals surface area contributed by atoms with Crippen molar-refractivity contribution in [2.45, 2.75) is 16.7 Å². The van der Waals surface area contributed by atoms with E-state index in [4.69, 9.17) is 4.74 Å². The number of ether oxygens (including phenoxy) is 1. The first-order valence-corrected chi connectivity index (χ1v) is 9.60. The largest absolute Gasteiger partial charge is 0.376 e. The van der Waals surface area contributed by atoms with E-state index in [9.17, 15) is 8.42 Å². The van der Waals surface area contributed by atoms with Crippen LogP contribution in [0.1, 0.15) is 6.42 Å². The van der Waals surface area contributed by atoms with Crippen molar-refractivity contribution in [3.8, 4) is 0 Å². The minimum absolute atomic E-state index is 0.247. The maximum Gasteiger partial charge on any atom is 0.252 e. The minimum atomic E-state index is -3.31. The summed E-state index contributed by atoms with van der Waals surface area (Å²) in [7, 11) is 0.785. The van der Waals surface area contributed by atoms with Crippen molar-refractivity contribution >= 4 is 21.4 Å². The van der Waals surface area contributed by atoms with Crippen molar-refractivity contribution < 1.29 is 13.2 Å². The Hall–Kier alpha value is -0.470. The Morgan fingerprint density at radius 2 is 2.29 bits per heavy atom. The highest BCUT2D eigenvalue weighted by Gasteiger charge is 2.43. The lowest BCUT2D eigenvalue weighted by Crippen LogP contribution is -2.45. The molecule has 0 aliphatic carbocycles. The zero-order chi connectivity index (χ0) is 15.0. The number of rotatable bonds is 4. The molecular weight excluding hydrogens is 308 g/mol. The molecule has 7 heteroatoms. The average Bonchev–Trinajstić information content (AvgIpc) is 3.08. The summed E-state index contributed by atoms with van der Waals surface area (Å²) in [5.74, 6) is 0.820. The first-order chi connectivity index (χ1) is 9.98. The number of piperidine rings is 1. The Bertz CT molecular complexity index is 571. The smallest absolute Gasteiger partial charge is 0.252 e. The second-order valence-electron chi connectivity index (χ2n) is 6.14. The van der Waals surface area contributed by atoms with Crippen molar-refractivity contribution in [3.05, 3.63) is 17.5 Å². The summed E-state index contributed by atoms with van der Waals surface area (Å²) in [6.45, 7) is 2.79. The molecule has 1 aromatic rings. The molecule has 0 N–H and O–H groups in total. The van der Waals surface area contributed by atoms with Crippen LogP contribution in [0.3, 0.4) is 0 Å². The SMILES string of the molecule is CN(C)C[C@@H]1OC[C@H]2CN(S(=O)(=O)c3cccs3)CC[C@H]21.